The first-order valence-electron chi connectivity index (χ1n) is 9.73. The van der Waals surface area contributed by atoms with Crippen LogP contribution in [0.15, 0.2) is 55.3 Å². The highest BCUT2D eigenvalue weighted by atomic mass is 32.2. The number of nitrogen functional groups attached to an aromatic ring is 1. The van der Waals surface area contributed by atoms with E-state index in [0.29, 0.717) is 22.2 Å². The molecule has 33 heavy (non-hydrogen) atoms. The SMILES string of the molecule is C[C@H](N)CS(=O)(=O)c1ccc(-c2cccc3c2nc(N)n3C)c(C2=NCN=N2)c1S(N)(=O)=O. The fourth-order valence-corrected chi connectivity index (χ4v) is 6.88. The van der Waals surface area contributed by atoms with Crippen LogP contribution in [0, 0.1) is 0 Å². The van der Waals surface area contributed by atoms with Crippen LogP contribution in [-0.4, -0.2) is 50.7 Å². The maximum atomic E-state index is 13.1. The Hall–Kier alpha value is -3.20. The number of sulfone groups is 1. The van der Waals surface area contributed by atoms with Crippen LogP contribution < -0.4 is 16.6 Å². The molecule has 0 amide bonds. The Balaban J connectivity index is 2.16. The molecule has 0 spiro atoms. The van der Waals surface area contributed by atoms with Crippen LogP contribution in [0.25, 0.3) is 22.2 Å². The molecule has 174 valence electrons. The van der Waals surface area contributed by atoms with E-state index in [4.69, 9.17) is 16.6 Å². The third-order valence-corrected chi connectivity index (χ3v) is 8.23. The molecule has 3 aromatic rings. The number of anilines is 1. The molecule has 4 rings (SSSR count). The van der Waals surface area contributed by atoms with Crippen molar-refractivity contribution in [2.45, 2.75) is 22.8 Å². The van der Waals surface area contributed by atoms with Crippen LogP contribution in [0.2, 0.25) is 0 Å². The number of nitrogens with zero attached hydrogens (tertiary/aromatic N) is 5. The van der Waals surface area contributed by atoms with E-state index in [2.05, 4.69) is 20.2 Å². The highest BCUT2D eigenvalue weighted by Crippen LogP contribution is 2.38. The predicted octanol–water partition coefficient (Wildman–Crippen LogP) is 0.761. The number of sulfonamides is 1. The number of para-hydroxylation sites is 1. The van der Waals surface area contributed by atoms with E-state index in [-0.39, 0.29) is 24.0 Å². The van der Waals surface area contributed by atoms with Crippen molar-refractivity contribution in [3.05, 3.63) is 35.9 Å². The summed E-state index contributed by atoms with van der Waals surface area (Å²) in [5.41, 5.74) is 13.6. The second-order valence-electron chi connectivity index (χ2n) is 7.69. The van der Waals surface area contributed by atoms with Crippen molar-refractivity contribution < 1.29 is 16.8 Å². The molecule has 0 saturated heterocycles. The third-order valence-electron chi connectivity index (χ3n) is 5.13. The van der Waals surface area contributed by atoms with Crippen molar-refractivity contribution in [2.75, 3.05) is 18.2 Å². The molecular formula is C19H22N8O4S2. The highest BCUT2D eigenvalue weighted by molar-refractivity contribution is 7.93. The number of hydrogen-bond donors (Lipinski definition) is 3. The van der Waals surface area contributed by atoms with E-state index in [1.54, 1.807) is 29.8 Å². The summed E-state index contributed by atoms with van der Waals surface area (Å²) in [5, 5.41) is 13.3. The summed E-state index contributed by atoms with van der Waals surface area (Å²) in [4.78, 5) is 7.45. The summed E-state index contributed by atoms with van der Waals surface area (Å²) in [5.74, 6) is -0.276. The van der Waals surface area contributed by atoms with Gasteiger partial charge in [0, 0.05) is 18.7 Å². The van der Waals surface area contributed by atoms with Gasteiger partial charge in [-0.25, -0.2) is 32.0 Å². The molecular weight excluding hydrogens is 468 g/mol. The normalized spacial score (nSPS) is 15.2. The number of benzene rings is 2. The molecule has 0 radical (unpaired) electrons. The van der Waals surface area contributed by atoms with Crippen molar-refractivity contribution in [3.63, 3.8) is 0 Å². The number of aryl methyl sites for hydroxylation is 1. The summed E-state index contributed by atoms with van der Waals surface area (Å²) < 4.78 is 53.4. The summed E-state index contributed by atoms with van der Waals surface area (Å²) in [6.07, 6.45) is 0. The Morgan fingerprint density at radius 1 is 1.12 bits per heavy atom. The lowest BCUT2D eigenvalue weighted by Crippen LogP contribution is -2.28. The first kappa shape index (κ1) is 23.0. The van der Waals surface area contributed by atoms with Gasteiger partial charge in [0.1, 0.15) is 4.90 Å². The molecule has 0 fully saturated rings. The van der Waals surface area contributed by atoms with Gasteiger partial charge in [-0.1, -0.05) is 18.2 Å². The molecule has 0 unspecified atom stereocenters. The van der Waals surface area contributed by atoms with Crippen molar-refractivity contribution in [1.29, 1.82) is 0 Å². The number of fused-ring (bicyclic) bond motifs is 1. The minimum absolute atomic E-state index is 0.0314. The van der Waals surface area contributed by atoms with E-state index >= 15 is 0 Å². The largest absolute Gasteiger partial charge is 0.369 e. The maximum absolute atomic E-state index is 13.1. The summed E-state index contributed by atoms with van der Waals surface area (Å²) >= 11 is 0. The van der Waals surface area contributed by atoms with Gasteiger partial charge < -0.3 is 16.0 Å². The van der Waals surface area contributed by atoms with Gasteiger partial charge in [0.2, 0.25) is 16.0 Å². The van der Waals surface area contributed by atoms with Gasteiger partial charge in [-0.05, 0) is 24.6 Å². The minimum Gasteiger partial charge on any atom is -0.369 e. The number of amidine groups is 1. The monoisotopic (exact) mass is 490 g/mol. The zero-order chi connectivity index (χ0) is 24.1. The molecule has 12 nitrogen and oxygen atoms in total. The number of azo groups is 1. The molecule has 0 saturated carbocycles. The second kappa shape index (κ2) is 7.98. The fourth-order valence-electron chi connectivity index (χ4n) is 3.78. The predicted molar refractivity (Wildman–Crippen MR) is 124 cm³/mol. The van der Waals surface area contributed by atoms with Crippen LogP contribution in [0.4, 0.5) is 5.95 Å². The smallest absolute Gasteiger partial charge is 0.240 e. The van der Waals surface area contributed by atoms with Crippen molar-refractivity contribution >= 4 is 42.7 Å². The average Bonchev–Trinajstić information content (AvgIpc) is 3.34. The summed E-state index contributed by atoms with van der Waals surface area (Å²) in [6.45, 7) is 1.47. The number of aromatic nitrogens is 2. The first-order chi connectivity index (χ1) is 15.4. The quantitative estimate of drug-likeness (QED) is 0.452. The lowest BCUT2D eigenvalue weighted by Gasteiger charge is -2.17. The zero-order valence-corrected chi connectivity index (χ0v) is 19.4. The summed E-state index contributed by atoms with van der Waals surface area (Å²) in [6, 6.07) is 7.21. The van der Waals surface area contributed by atoms with E-state index < -0.39 is 41.4 Å². The van der Waals surface area contributed by atoms with Gasteiger partial charge >= 0.3 is 0 Å². The molecule has 0 bridgehead atoms. The lowest BCUT2D eigenvalue weighted by atomic mass is 9.97. The van der Waals surface area contributed by atoms with Gasteiger partial charge in [-0.3, -0.25) is 0 Å². The Kier molecular flexibility index (Phi) is 5.56. The topological polar surface area (TPSA) is 201 Å². The highest BCUT2D eigenvalue weighted by Gasteiger charge is 2.33. The molecule has 1 aromatic heterocycles. The standard InChI is InChI=1S/C19H22N8O4S2/c1-10(20)8-32(28,29)14-7-6-11(12-4-3-5-13-16(12)25-19(21)27(13)2)15(17(14)33(22,30)31)18-23-9-24-26-18/h3-7,10H,8-9,20H2,1-2H3,(H2,21,25)(H2,22,30,31)/t10-/m0/s1. The Morgan fingerprint density at radius 2 is 1.85 bits per heavy atom. The van der Waals surface area contributed by atoms with E-state index in [1.165, 1.54) is 19.1 Å². The van der Waals surface area contributed by atoms with Crippen molar-refractivity contribution in [3.8, 4) is 11.1 Å². The zero-order valence-electron chi connectivity index (χ0n) is 17.8. The Morgan fingerprint density at radius 3 is 2.45 bits per heavy atom. The fraction of sp³-hybridized carbons (Fsp3) is 0.263. The number of primary sulfonamides is 1. The minimum atomic E-state index is -4.56. The molecule has 1 aliphatic heterocycles. The van der Waals surface area contributed by atoms with Crippen LogP contribution in [0.1, 0.15) is 12.5 Å². The van der Waals surface area contributed by atoms with Crippen LogP contribution in [-0.2, 0) is 26.9 Å². The van der Waals surface area contributed by atoms with Crippen LogP contribution in [0.3, 0.4) is 0 Å². The summed E-state index contributed by atoms with van der Waals surface area (Å²) in [7, 11) is -6.94. The third kappa shape index (κ3) is 4.01. The molecule has 14 heteroatoms. The molecule has 1 atom stereocenters. The van der Waals surface area contributed by atoms with Gasteiger partial charge in [0.25, 0.3) is 0 Å². The van der Waals surface area contributed by atoms with E-state index in [1.807, 2.05) is 0 Å². The molecule has 2 heterocycles. The van der Waals surface area contributed by atoms with Gasteiger partial charge in [0.05, 0.1) is 27.2 Å². The van der Waals surface area contributed by atoms with Crippen molar-refractivity contribution in [2.24, 2.45) is 33.1 Å². The number of hydrogen-bond acceptors (Lipinski definition) is 10. The second-order valence-corrected chi connectivity index (χ2v) is 11.2. The van der Waals surface area contributed by atoms with Gasteiger partial charge in [0.15, 0.2) is 22.3 Å². The van der Waals surface area contributed by atoms with E-state index in [0.717, 1.165) is 0 Å². The van der Waals surface area contributed by atoms with Gasteiger partial charge in [-0.2, -0.15) is 5.11 Å². The van der Waals surface area contributed by atoms with Crippen LogP contribution in [0.5, 0.6) is 0 Å². The number of imidazole rings is 1. The number of aliphatic imine (C=N–C) groups is 1. The average molecular weight is 491 g/mol. The Labute approximate surface area is 190 Å². The van der Waals surface area contributed by atoms with Crippen molar-refractivity contribution in [1.82, 2.24) is 9.55 Å². The molecule has 0 aliphatic carbocycles. The Bertz CT molecular complexity index is 1550. The van der Waals surface area contributed by atoms with E-state index in [9.17, 15) is 16.8 Å². The molecule has 1 aliphatic rings. The van der Waals surface area contributed by atoms with Crippen LogP contribution >= 0.6 is 0 Å². The first-order valence-corrected chi connectivity index (χ1v) is 12.9. The number of nitrogens with two attached hydrogens (primary N) is 3. The molecule has 2 aromatic carbocycles. The number of rotatable bonds is 6. The lowest BCUT2D eigenvalue weighted by molar-refractivity contribution is 0.579. The van der Waals surface area contributed by atoms with Gasteiger partial charge in [-0.15, -0.1) is 5.11 Å². The molecule has 6 N–H and O–H groups in total. The maximum Gasteiger partial charge on any atom is 0.240 e.